The average molecular weight is 282 g/mol. The maximum Gasteiger partial charge on any atom is 0.161 e. The fourth-order valence-corrected chi connectivity index (χ4v) is 3.12. The normalized spacial score (nSPS) is 14.4. The van der Waals surface area contributed by atoms with Crippen LogP contribution in [0.4, 0.5) is 5.82 Å². The van der Waals surface area contributed by atoms with Crippen LogP contribution in [-0.4, -0.2) is 9.97 Å². The number of aryl methyl sites for hydroxylation is 3. The smallest absolute Gasteiger partial charge is 0.161 e. The molecule has 1 heterocycles. The third kappa shape index (κ3) is 2.90. The van der Waals surface area contributed by atoms with Gasteiger partial charge in [0.05, 0.1) is 0 Å². The Labute approximate surface area is 125 Å². The summed E-state index contributed by atoms with van der Waals surface area (Å²) in [6.07, 6.45) is 5.67. The minimum absolute atomic E-state index is 0.774. The van der Waals surface area contributed by atoms with Crippen molar-refractivity contribution >= 4 is 5.82 Å². The summed E-state index contributed by atoms with van der Waals surface area (Å²) < 4.78 is 0. The summed E-state index contributed by atoms with van der Waals surface area (Å²) in [4.78, 5) is 9.48. The Bertz CT molecular complexity index is 644. The van der Waals surface area contributed by atoms with Crippen LogP contribution in [0.2, 0.25) is 0 Å². The van der Waals surface area contributed by atoms with Crippen LogP contribution in [0.3, 0.4) is 0 Å². The van der Waals surface area contributed by atoms with E-state index >= 15 is 0 Å². The lowest BCUT2D eigenvalue weighted by atomic mass is 10.1. The van der Waals surface area contributed by atoms with E-state index in [4.69, 9.17) is 10.8 Å². The van der Waals surface area contributed by atoms with Crippen molar-refractivity contribution in [2.45, 2.75) is 46.0 Å². The zero-order chi connectivity index (χ0) is 14.8. The molecule has 3 N–H and O–H groups in total. The first-order valence-electron chi connectivity index (χ1n) is 7.62. The van der Waals surface area contributed by atoms with Gasteiger partial charge in [0.2, 0.25) is 0 Å². The van der Waals surface area contributed by atoms with Gasteiger partial charge in [-0.25, -0.2) is 15.8 Å². The molecule has 1 aromatic heterocycles. The van der Waals surface area contributed by atoms with Crippen molar-refractivity contribution < 1.29 is 0 Å². The monoisotopic (exact) mass is 282 g/mol. The molecule has 1 aliphatic carbocycles. The Morgan fingerprint density at radius 1 is 0.952 bits per heavy atom. The summed E-state index contributed by atoms with van der Waals surface area (Å²) in [7, 11) is 0. The number of hydrogen-bond acceptors (Lipinski definition) is 4. The number of anilines is 1. The van der Waals surface area contributed by atoms with Crippen molar-refractivity contribution in [1.82, 2.24) is 9.97 Å². The number of nitrogen functional groups attached to an aromatic ring is 1. The second-order valence-electron chi connectivity index (χ2n) is 5.90. The Morgan fingerprint density at radius 2 is 1.67 bits per heavy atom. The molecule has 0 bridgehead atoms. The highest BCUT2D eigenvalue weighted by atomic mass is 15.3. The van der Waals surface area contributed by atoms with Crippen LogP contribution >= 0.6 is 0 Å². The zero-order valence-electron chi connectivity index (χ0n) is 12.7. The quantitative estimate of drug-likeness (QED) is 0.504. The standard InChI is InChI=1S/C17H22N4/c1-11-8-12(2)10-13(9-11)16-19-15-7-5-3-4-6-14(15)17(20-16)21-18/h8-10H,3-7,18H2,1-2H3,(H,19,20,21). The van der Waals surface area contributed by atoms with Crippen molar-refractivity contribution in [3.05, 3.63) is 40.6 Å². The molecule has 0 saturated carbocycles. The Hall–Kier alpha value is -1.94. The fraction of sp³-hybridized carbons (Fsp3) is 0.412. The first-order chi connectivity index (χ1) is 10.2. The molecule has 4 nitrogen and oxygen atoms in total. The van der Waals surface area contributed by atoms with Gasteiger partial charge in [-0.1, -0.05) is 23.6 Å². The number of fused-ring (bicyclic) bond motifs is 1. The fourth-order valence-electron chi connectivity index (χ4n) is 3.12. The summed E-state index contributed by atoms with van der Waals surface area (Å²) in [6.45, 7) is 4.20. The van der Waals surface area contributed by atoms with E-state index in [0.29, 0.717) is 0 Å². The van der Waals surface area contributed by atoms with Crippen molar-refractivity contribution in [2.24, 2.45) is 5.84 Å². The molecular weight excluding hydrogens is 260 g/mol. The van der Waals surface area contributed by atoms with Gasteiger partial charge in [-0.2, -0.15) is 0 Å². The molecule has 0 atom stereocenters. The minimum atomic E-state index is 0.774. The van der Waals surface area contributed by atoms with Gasteiger partial charge >= 0.3 is 0 Å². The molecule has 0 unspecified atom stereocenters. The van der Waals surface area contributed by atoms with Gasteiger partial charge in [-0.05, 0) is 51.7 Å². The van der Waals surface area contributed by atoms with Crippen LogP contribution in [0.1, 0.15) is 41.6 Å². The van der Waals surface area contributed by atoms with Crippen LogP contribution in [0, 0.1) is 13.8 Å². The molecule has 4 heteroatoms. The van der Waals surface area contributed by atoms with E-state index < -0.39 is 0 Å². The predicted octanol–water partition coefficient (Wildman–Crippen LogP) is 3.31. The average Bonchev–Trinajstić information content (AvgIpc) is 2.70. The van der Waals surface area contributed by atoms with Crippen LogP contribution in [-0.2, 0) is 12.8 Å². The molecule has 0 aliphatic heterocycles. The van der Waals surface area contributed by atoms with Crippen molar-refractivity contribution in [1.29, 1.82) is 0 Å². The lowest BCUT2D eigenvalue weighted by Gasteiger charge is -2.13. The topological polar surface area (TPSA) is 63.8 Å². The molecular formula is C17H22N4. The molecule has 3 rings (SSSR count). The van der Waals surface area contributed by atoms with Gasteiger partial charge < -0.3 is 5.43 Å². The molecule has 0 spiro atoms. The van der Waals surface area contributed by atoms with Crippen molar-refractivity contribution in [2.75, 3.05) is 5.43 Å². The van der Waals surface area contributed by atoms with Gasteiger partial charge in [0.15, 0.2) is 5.82 Å². The van der Waals surface area contributed by atoms with Crippen LogP contribution in [0.25, 0.3) is 11.4 Å². The molecule has 0 fully saturated rings. The van der Waals surface area contributed by atoms with Crippen LogP contribution in [0.15, 0.2) is 18.2 Å². The molecule has 2 aromatic rings. The molecule has 0 saturated heterocycles. The van der Waals surface area contributed by atoms with E-state index in [1.54, 1.807) is 0 Å². The number of nitrogens with one attached hydrogen (secondary N) is 1. The summed E-state index contributed by atoms with van der Waals surface area (Å²) in [6, 6.07) is 6.42. The first-order valence-corrected chi connectivity index (χ1v) is 7.62. The van der Waals surface area contributed by atoms with Gasteiger partial charge in [0.25, 0.3) is 0 Å². The van der Waals surface area contributed by atoms with Gasteiger partial charge in [0.1, 0.15) is 5.82 Å². The molecule has 21 heavy (non-hydrogen) atoms. The van der Waals surface area contributed by atoms with Gasteiger partial charge in [-0.3, -0.25) is 0 Å². The Balaban J connectivity index is 2.13. The molecule has 1 aromatic carbocycles. The maximum absolute atomic E-state index is 5.69. The van der Waals surface area contributed by atoms with E-state index in [2.05, 4.69) is 42.5 Å². The van der Waals surface area contributed by atoms with Crippen molar-refractivity contribution in [3.8, 4) is 11.4 Å². The molecule has 110 valence electrons. The second kappa shape index (κ2) is 5.82. The van der Waals surface area contributed by atoms with E-state index in [1.165, 1.54) is 36.0 Å². The number of benzene rings is 1. The predicted molar refractivity (Wildman–Crippen MR) is 86.0 cm³/mol. The highest BCUT2D eigenvalue weighted by Gasteiger charge is 2.17. The number of hydrogen-bond donors (Lipinski definition) is 2. The SMILES string of the molecule is Cc1cc(C)cc(-c2nc3c(c(NN)n2)CCCCC3)c1. The zero-order valence-corrected chi connectivity index (χ0v) is 12.7. The largest absolute Gasteiger partial charge is 0.308 e. The molecule has 0 radical (unpaired) electrons. The molecule has 0 amide bonds. The van der Waals surface area contributed by atoms with Gasteiger partial charge in [0, 0.05) is 16.8 Å². The highest BCUT2D eigenvalue weighted by molar-refractivity contribution is 5.61. The van der Waals surface area contributed by atoms with E-state index in [1.807, 2.05) is 0 Å². The third-order valence-corrected chi connectivity index (χ3v) is 4.05. The Morgan fingerprint density at radius 3 is 2.38 bits per heavy atom. The van der Waals surface area contributed by atoms with Gasteiger partial charge in [-0.15, -0.1) is 0 Å². The summed E-state index contributed by atoms with van der Waals surface area (Å²) in [5.41, 5.74) is 8.65. The molecule has 1 aliphatic rings. The number of rotatable bonds is 2. The highest BCUT2D eigenvalue weighted by Crippen LogP contribution is 2.28. The first kappa shape index (κ1) is 14.0. The summed E-state index contributed by atoms with van der Waals surface area (Å²) >= 11 is 0. The summed E-state index contributed by atoms with van der Waals surface area (Å²) in [5.74, 6) is 7.25. The van der Waals surface area contributed by atoms with Crippen LogP contribution in [0.5, 0.6) is 0 Å². The second-order valence-corrected chi connectivity index (χ2v) is 5.90. The number of nitrogens with zero attached hydrogens (tertiary/aromatic N) is 2. The third-order valence-electron chi connectivity index (χ3n) is 4.05. The number of hydrazine groups is 1. The number of aromatic nitrogens is 2. The van der Waals surface area contributed by atoms with E-state index in [-0.39, 0.29) is 0 Å². The Kier molecular flexibility index (Phi) is 3.88. The van der Waals surface area contributed by atoms with E-state index in [0.717, 1.165) is 35.7 Å². The maximum atomic E-state index is 5.69. The van der Waals surface area contributed by atoms with E-state index in [9.17, 15) is 0 Å². The number of nitrogens with two attached hydrogens (primary N) is 1. The lowest BCUT2D eigenvalue weighted by molar-refractivity contribution is 0.709. The lowest BCUT2D eigenvalue weighted by Crippen LogP contribution is -2.14. The summed E-state index contributed by atoms with van der Waals surface area (Å²) in [5, 5.41) is 0. The van der Waals surface area contributed by atoms with Crippen LogP contribution < -0.4 is 11.3 Å². The minimum Gasteiger partial charge on any atom is -0.308 e. The van der Waals surface area contributed by atoms with Crippen molar-refractivity contribution in [3.63, 3.8) is 0 Å².